The number of aliphatic hydroxyl groups is 1. The molecule has 7 nitrogen and oxygen atoms in total. The molecule has 0 radical (unpaired) electrons. The molecule has 2 aliphatic rings. The first-order chi connectivity index (χ1) is 19.3. The van der Waals surface area contributed by atoms with E-state index in [2.05, 4.69) is 15.5 Å². The Balaban J connectivity index is 1.31. The molecule has 1 aliphatic heterocycles. The van der Waals surface area contributed by atoms with Gasteiger partial charge in [-0.3, -0.25) is 14.5 Å². The summed E-state index contributed by atoms with van der Waals surface area (Å²) in [5.74, 6) is -2.02. The van der Waals surface area contributed by atoms with Gasteiger partial charge in [0.2, 0.25) is 5.91 Å². The zero-order valence-corrected chi connectivity index (χ0v) is 23.7. The predicted octanol–water partition coefficient (Wildman–Crippen LogP) is 5.14. The SMILES string of the molecule is CC1(O)CCC(N2CC(CC(=O)NC(C)(C)c3ccccc3)(NC(=O)c3coc(-c4ccc(F)cc4F)c3)C2)CC1. The minimum absolute atomic E-state index is 0.0469. The summed E-state index contributed by atoms with van der Waals surface area (Å²) in [4.78, 5) is 29.0. The van der Waals surface area contributed by atoms with Crippen molar-refractivity contribution in [3.63, 3.8) is 0 Å². The Morgan fingerprint density at radius 2 is 1.76 bits per heavy atom. The maximum absolute atomic E-state index is 14.3. The summed E-state index contributed by atoms with van der Waals surface area (Å²) in [7, 11) is 0. The summed E-state index contributed by atoms with van der Waals surface area (Å²) < 4.78 is 33.1. The highest BCUT2D eigenvalue weighted by molar-refractivity contribution is 5.96. The second-order valence-electron chi connectivity index (χ2n) is 12.4. The number of benzene rings is 2. The van der Waals surface area contributed by atoms with Crippen molar-refractivity contribution in [3.05, 3.63) is 83.6 Å². The lowest BCUT2D eigenvalue weighted by Crippen LogP contribution is -2.73. The van der Waals surface area contributed by atoms with Crippen molar-refractivity contribution in [2.45, 2.75) is 75.6 Å². The van der Waals surface area contributed by atoms with Crippen LogP contribution in [0.4, 0.5) is 8.78 Å². The molecule has 1 aliphatic carbocycles. The van der Waals surface area contributed by atoms with Crippen molar-refractivity contribution in [1.82, 2.24) is 15.5 Å². The Morgan fingerprint density at radius 3 is 2.41 bits per heavy atom. The molecule has 0 bridgehead atoms. The zero-order valence-electron chi connectivity index (χ0n) is 23.7. The largest absolute Gasteiger partial charge is 0.463 e. The fourth-order valence-electron chi connectivity index (χ4n) is 6.04. The Bertz CT molecular complexity index is 1400. The van der Waals surface area contributed by atoms with E-state index >= 15 is 0 Å². The van der Waals surface area contributed by atoms with Crippen LogP contribution in [0.25, 0.3) is 11.3 Å². The molecule has 0 unspecified atom stereocenters. The molecular weight excluding hydrogens is 528 g/mol. The molecule has 1 saturated carbocycles. The molecule has 1 aromatic heterocycles. The van der Waals surface area contributed by atoms with Gasteiger partial charge in [0.15, 0.2) is 0 Å². The van der Waals surface area contributed by atoms with Gasteiger partial charge in [0.25, 0.3) is 5.91 Å². The van der Waals surface area contributed by atoms with Gasteiger partial charge < -0.3 is 20.2 Å². The second-order valence-corrected chi connectivity index (χ2v) is 12.4. The Kier molecular flexibility index (Phi) is 7.78. The van der Waals surface area contributed by atoms with E-state index in [-0.39, 0.29) is 35.3 Å². The molecule has 5 rings (SSSR count). The number of hydrogen-bond donors (Lipinski definition) is 3. The summed E-state index contributed by atoms with van der Waals surface area (Å²) in [6.07, 6.45) is 4.41. The molecule has 2 heterocycles. The number of carbonyl (C=O) groups excluding carboxylic acids is 2. The van der Waals surface area contributed by atoms with E-state index in [4.69, 9.17) is 4.42 Å². The maximum atomic E-state index is 14.3. The molecular formula is C32H37F2N3O4. The predicted molar refractivity (Wildman–Crippen MR) is 151 cm³/mol. The monoisotopic (exact) mass is 565 g/mol. The lowest BCUT2D eigenvalue weighted by molar-refractivity contribution is -0.127. The van der Waals surface area contributed by atoms with Crippen LogP contribution in [0, 0.1) is 11.6 Å². The number of rotatable bonds is 8. The molecule has 2 aromatic carbocycles. The zero-order chi connectivity index (χ0) is 29.4. The molecule has 3 aromatic rings. The molecule has 41 heavy (non-hydrogen) atoms. The first kappa shape index (κ1) is 29.0. The van der Waals surface area contributed by atoms with Crippen LogP contribution in [0.15, 0.2) is 65.3 Å². The van der Waals surface area contributed by atoms with E-state index in [0.29, 0.717) is 25.9 Å². The average molecular weight is 566 g/mol. The van der Waals surface area contributed by atoms with Crippen molar-refractivity contribution >= 4 is 11.8 Å². The van der Waals surface area contributed by atoms with Crippen LogP contribution in [0.5, 0.6) is 0 Å². The Labute approximate surface area is 238 Å². The van der Waals surface area contributed by atoms with Crippen molar-refractivity contribution in [3.8, 4) is 11.3 Å². The van der Waals surface area contributed by atoms with Crippen LogP contribution in [-0.4, -0.2) is 52.1 Å². The van der Waals surface area contributed by atoms with Crippen LogP contribution in [0.1, 0.15) is 68.8 Å². The summed E-state index contributed by atoms with van der Waals surface area (Å²) in [6, 6.07) is 14.5. The molecule has 0 spiro atoms. The number of likely N-dealkylation sites (tertiary alicyclic amines) is 1. The van der Waals surface area contributed by atoms with Gasteiger partial charge in [0, 0.05) is 25.2 Å². The molecule has 3 N–H and O–H groups in total. The van der Waals surface area contributed by atoms with Gasteiger partial charge in [-0.05, 0) is 70.2 Å². The van der Waals surface area contributed by atoms with Gasteiger partial charge in [-0.1, -0.05) is 30.3 Å². The van der Waals surface area contributed by atoms with E-state index in [9.17, 15) is 23.5 Å². The molecule has 9 heteroatoms. The van der Waals surface area contributed by atoms with Gasteiger partial charge in [0.1, 0.15) is 23.7 Å². The summed E-state index contributed by atoms with van der Waals surface area (Å²) >= 11 is 0. The summed E-state index contributed by atoms with van der Waals surface area (Å²) in [6.45, 7) is 6.71. The first-order valence-electron chi connectivity index (χ1n) is 14.0. The van der Waals surface area contributed by atoms with E-state index in [1.165, 1.54) is 18.4 Å². The third-order valence-corrected chi connectivity index (χ3v) is 8.44. The number of halogens is 2. The third-order valence-electron chi connectivity index (χ3n) is 8.44. The number of furan rings is 1. The van der Waals surface area contributed by atoms with E-state index in [0.717, 1.165) is 30.5 Å². The van der Waals surface area contributed by atoms with Crippen LogP contribution in [0.3, 0.4) is 0 Å². The fourth-order valence-corrected chi connectivity index (χ4v) is 6.04. The number of nitrogens with zero attached hydrogens (tertiary/aromatic N) is 1. The van der Waals surface area contributed by atoms with Crippen molar-refractivity contribution in [1.29, 1.82) is 0 Å². The van der Waals surface area contributed by atoms with E-state index in [1.54, 1.807) is 0 Å². The fraction of sp³-hybridized carbons (Fsp3) is 0.438. The molecule has 218 valence electrons. The average Bonchev–Trinajstić information content (AvgIpc) is 3.37. The first-order valence-corrected chi connectivity index (χ1v) is 14.0. The highest BCUT2D eigenvalue weighted by atomic mass is 19.1. The van der Waals surface area contributed by atoms with Gasteiger partial charge >= 0.3 is 0 Å². The molecule has 2 amide bonds. The third kappa shape index (κ3) is 6.52. The van der Waals surface area contributed by atoms with E-state index < -0.39 is 34.2 Å². The van der Waals surface area contributed by atoms with Crippen LogP contribution in [-0.2, 0) is 10.3 Å². The molecule has 0 atom stereocenters. The second kappa shape index (κ2) is 11.0. The Morgan fingerprint density at radius 1 is 1.07 bits per heavy atom. The molecule has 2 fully saturated rings. The minimum atomic E-state index is -0.813. The lowest BCUT2D eigenvalue weighted by atomic mass is 9.78. The smallest absolute Gasteiger partial charge is 0.255 e. The molecule has 1 saturated heterocycles. The Hall–Kier alpha value is -3.56. The summed E-state index contributed by atoms with van der Waals surface area (Å²) in [5.41, 5.74) is -0.882. The number of hydrogen-bond acceptors (Lipinski definition) is 5. The highest BCUT2D eigenvalue weighted by Gasteiger charge is 2.49. The van der Waals surface area contributed by atoms with Crippen molar-refractivity contribution < 1.29 is 27.9 Å². The van der Waals surface area contributed by atoms with Gasteiger partial charge in [0.05, 0.1) is 34.2 Å². The quantitative estimate of drug-likeness (QED) is 0.352. The van der Waals surface area contributed by atoms with Crippen molar-refractivity contribution in [2.24, 2.45) is 0 Å². The summed E-state index contributed by atoms with van der Waals surface area (Å²) in [5, 5.41) is 16.6. The lowest BCUT2D eigenvalue weighted by Gasteiger charge is -2.55. The topological polar surface area (TPSA) is 94.8 Å². The van der Waals surface area contributed by atoms with Gasteiger partial charge in [-0.25, -0.2) is 8.78 Å². The van der Waals surface area contributed by atoms with Gasteiger partial charge in [-0.2, -0.15) is 0 Å². The normalized spacial score (nSPS) is 22.5. The van der Waals surface area contributed by atoms with Crippen LogP contribution in [0.2, 0.25) is 0 Å². The maximum Gasteiger partial charge on any atom is 0.255 e. The van der Waals surface area contributed by atoms with Gasteiger partial charge in [-0.15, -0.1) is 0 Å². The van der Waals surface area contributed by atoms with Crippen molar-refractivity contribution in [2.75, 3.05) is 13.1 Å². The number of nitrogens with one attached hydrogen (secondary N) is 2. The highest BCUT2D eigenvalue weighted by Crippen LogP contribution is 2.36. The minimum Gasteiger partial charge on any atom is -0.463 e. The van der Waals surface area contributed by atoms with Crippen LogP contribution >= 0.6 is 0 Å². The number of amides is 2. The number of carbonyl (C=O) groups is 2. The standard InChI is InChI=1S/C32H37F2N3O4/c1-30(2,22-7-5-4-6-8-22)35-28(38)17-32(19-37(20-32)24-11-13-31(3,40)14-12-24)36-29(39)21-15-27(41-18-21)25-10-9-23(33)16-26(25)34/h4-10,15-16,18,24,40H,11-14,17,19-20H2,1-3H3,(H,35,38)(H,36,39). The van der Waals surface area contributed by atoms with Crippen LogP contribution < -0.4 is 10.6 Å². The van der Waals surface area contributed by atoms with E-state index in [1.807, 2.05) is 51.1 Å².